The van der Waals surface area contributed by atoms with Crippen molar-refractivity contribution in [1.29, 1.82) is 0 Å². The van der Waals surface area contributed by atoms with Crippen molar-refractivity contribution in [3.05, 3.63) is 23.3 Å². The number of carbonyl (C=O) groups excluding carboxylic acids is 2. The molecular weight excluding hydrogens is 370 g/mol. The van der Waals surface area contributed by atoms with E-state index >= 15 is 0 Å². The molecule has 2 bridgehead atoms. The van der Waals surface area contributed by atoms with Gasteiger partial charge in [0.15, 0.2) is 11.9 Å². The molecule has 0 amide bonds. The van der Waals surface area contributed by atoms with Crippen LogP contribution in [-0.4, -0.2) is 49.1 Å². The van der Waals surface area contributed by atoms with Crippen LogP contribution in [0.4, 0.5) is 0 Å². The summed E-state index contributed by atoms with van der Waals surface area (Å²) >= 11 is 0. The Labute approximate surface area is 170 Å². The lowest BCUT2D eigenvalue weighted by Crippen LogP contribution is -3.19. The standard InChI is InChI=1S/C22H29N3O4/c1-12-3-4-14-9-15-17(18(27)28)21(29,11-26)16-6-5-13-7-8-25(19(23)24-2)10-20(13,14)22(12,15)16/h5-6,11-14,16,29H,3-4,7-10H2,1-2H3,(H2,23,24)(H,27,28)/t12-,13-,14-,16-,20+,21-,22+/m1/s1. The van der Waals surface area contributed by atoms with E-state index in [2.05, 4.69) is 18.0 Å². The number of aldehydes is 1. The van der Waals surface area contributed by atoms with Gasteiger partial charge < -0.3 is 20.7 Å². The minimum atomic E-state index is -2.03. The molecule has 5 aliphatic rings. The summed E-state index contributed by atoms with van der Waals surface area (Å²) in [6, 6.07) is 0. The highest BCUT2D eigenvalue weighted by molar-refractivity contribution is 5.97. The first kappa shape index (κ1) is 19.0. The number of likely N-dealkylation sites (tertiary alicyclic amines) is 1. The Kier molecular flexibility index (Phi) is 3.79. The van der Waals surface area contributed by atoms with Gasteiger partial charge in [-0.05, 0) is 37.0 Å². The Bertz CT molecular complexity index is 894. The van der Waals surface area contributed by atoms with Gasteiger partial charge in [0, 0.05) is 35.8 Å². The smallest absolute Gasteiger partial charge is 0.293 e. The van der Waals surface area contributed by atoms with Crippen LogP contribution >= 0.6 is 0 Å². The average Bonchev–Trinajstić information content (AvgIpc) is 3.06. The molecule has 0 radical (unpaired) electrons. The van der Waals surface area contributed by atoms with E-state index in [0.717, 1.165) is 42.8 Å². The van der Waals surface area contributed by atoms with Crippen molar-refractivity contribution in [3.63, 3.8) is 0 Å². The number of nitrogens with two attached hydrogens (primary N) is 1. The molecule has 7 heteroatoms. The second-order valence-corrected chi connectivity index (χ2v) is 9.77. The average molecular weight is 399 g/mol. The fourth-order valence-electron chi connectivity index (χ4n) is 8.52. The number of piperidine rings is 1. The molecule has 0 aromatic heterocycles. The van der Waals surface area contributed by atoms with E-state index in [1.165, 1.54) is 0 Å². The highest BCUT2D eigenvalue weighted by atomic mass is 16.4. The second kappa shape index (κ2) is 5.79. The molecule has 4 aliphatic carbocycles. The summed E-state index contributed by atoms with van der Waals surface area (Å²) in [4.78, 5) is 29.7. The number of aliphatic carboxylic acids is 1. The van der Waals surface area contributed by atoms with Gasteiger partial charge in [-0.2, -0.15) is 0 Å². The number of hydrogen-bond donors (Lipinski definition) is 3. The van der Waals surface area contributed by atoms with Crippen molar-refractivity contribution < 1.29 is 24.7 Å². The Morgan fingerprint density at radius 1 is 1.38 bits per heavy atom. The van der Waals surface area contributed by atoms with Crippen molar-refractivity contribution in [2.24, 2.45) is 45.2 Å². The molecule has 7 nitrogen and oxygen atoms in total. The van der Waals surface area contributed by atoms with Crippen LogP contribution in [0.3, 0.4) is 0 Å². The van der Waals surface area contributed by atoms with Gasteiger partial charge in [0.25, 0.3) is 5.96 Å². The Hall–Kier alpha value is -1.99. The minimum absolute atomic E-state index is 0.163. The molecule has 1 unspecified atom stereocenters. The van der Waals surface area contributed by atoms with Gasteiger partial charge in [-0.3, -0.25) is 9.69 Å². The monoisotopic (exact) mass is 399 g/mol. The van der Waals surface area contributed by atoms with Crippen LogP contribution in [0.15, 0.2) is 28.3 Å². The summed E-state index contributed by atoms with van der Waals surface area (Å²) in [6.45, 7) is 3.81. The summed E-state index contributed by atoms with van der Waals surface area (Å²) in [7, 11) is 1.70. The van der Waals surface area contributed by atoms with Gasteiger partial charge >= 0.3 is 0 Å². The Morgan fingerprint density at radius 3 is 2.79 bits per heavy atom. The van der Waals surface area contributed by atoms with E-state index in [4.69, 9.17) is 5.73 Å². The summed E-state index contributed by atoms with van der Waals surface area (Å²) in [5.41, 5.74) is 4.06. The summed E-state index contributed by atoms with van der Waals surface area (Å²) in [5.74, 6) is -0.631. The number of hydrogen-bond acceptors (Lipinski definition) is 5. The number of aliphatic hydroxyl groups is 1. The van der Waals surface area contributed by atoms with Gasteiger partial charge in [-0.25, -0.2) is 4.99 Å². The van der Waals surface area contributed by atoms with Crippen LogP contribution < -0.4 is 15.7 Å². The first-order valence-electron chi connectivity index (χ1n) is 10.7. The van der Waals surface area contributed by atoms with E-state index in [-0.39, 0.29) is 22.8 Å². The summed E-state index contributed by atoms with van der Waals surface area (Å²) < 4.78 is 0. The van der Waals surface area contributed by atoms with Crippen molar-refractivity contribution in [1.82, 2.24) is 0 Å². The van der Waals surface area contributed by atoms with Crippen LogP contribution in [0.5, 0.6) is 0 Å². The number of aliphatic imine (C=N–C) groups is 1. The number of nitrogens with one attached hydrogen (secondary N) is 1. The number of rotatable bonds is 2. The van der Waals surface area contributed by atoms with Crippen LogP contribution in [-0.2, 0) is 9.59 Å². The van der Waals surface area contributed by atoms with Crippen molar-refractivity contribution in [2.45, 2.75) is 38.2 Å². The third kappa shape index (κ3) is 1.85. The molecule has 2 saturated carbocycles. The number of guanidine groups is 1. The lowest BCUT2D eigenvalue weighted by molar-refractivity contribution is -0.828. The maximum atomic E-state index is 12.2. The zero-order valence-corrected chi connectivity index (χ0v) is 17.0. The molecule has 5 rings (SSSR count). The SMILES string of the molecule is CN=C(N)[NH+]1CC[C@H]2C=C[C@H]3[C@@]45C(=C(C(=O)[O-])[C@@]3(O)C=O)C[C@@H](CC[C@H]4C)[C@]25C1. The number of quaternary nitrogens is 1. The summed E-state index contributed by atoms with van der Waals surface area (Å²) in [5, 5.41) is 23.6. The normalized spacial score (nSPS) is 50.3. The zero-order chi connectivity index (χ0) is 20.8. The number of carbonyl (C=O) groups is 2. The molecule has 1 aliphatic heterocycles. The molecular formula is C22H29N3O4. The van der Waals surface area contributed by atoms with Crippen molar-refractivity contribution in [2.75, 3.05) is 20.1 Å². The predicted molar refractivity (Wildman–Crippen MR) is 103 cm³/mol. The number of allylic oxidation sites excluding steroid dienone is 2. The first-order chi connectivity index (χ1) is 13.8. The molecule has 3 fully saturated rings. The maximum absolute atomic E-state index is 12.2. The van der Waals surface area contributed by atoms with Crippen LogP contribution in [0.2, 0.25) is 0 Å². The number of carboxylic acid groups (broad SMARTS) is 1. The maximum Gasteiger partial charge on any atom is 0.293 e. The molecule has 2 spiro atoms. The Balaban J connectivity index is 1.82. The predicted octanol–water partition coefficient (Wildman–Crippen LogP) is -1.57. The molecule has 0 aromatic rings. The highest BCUT2D eigenvalue weighted by Gasteiger charge is 2.80. The van der Waals surface area contributed by atoms with Crippen molar-refractivity contribution in [3.8, 4) is 0 Å². The molecule has 156 valence electrons. The van der Waals surface area contributed by atoms with Gasteiger partial charge in [0.1, 0.15) is 0 Å². The lowest BCUT2D eigenvalue weighted by atomic mass is 9.40. The van der Waals surface area contributed by atoms with E-state index in [9.17, 15) is 19.8 Å². The molecule has 1 heterocycles. The highest BCUT2D eigenvalue weighted by Crippen LogP contribution is 2.79. The molecule has 0 aromatic carbocycles. The van der Waals surface area contributed by atoms with E-state index < -0.39 is 22.9 Å². The largest absolute Gasteiger partial charge is 0.545 e. The van der Waals surface area contributed by atoms with Crippen molar-refractivity contribution >= 4 is 18.2 Å². The molecule has 29 heavy (non-hydrogen) atoms. The number of nitrogens with zero attached hydrogens (tertiary/aromatic N) is 1. The van der Waals surface area contributed by atoms with E-state index in [1.54, 1.807) is 7.05 Å². The van der Waals surface area contributed by atoms with Crippen LogP contribution in [0.25, 0.3) is 0 Å². The third-order valence-electron chi connectivity index (χ3n) is 9.29. The van der Waals surface area contributed by atoms with Gasteiger partial charge in [0.05, 0.1) is 19.1 Å². The lowest BCUT2D eigenvalue weighted by Gasteiger charge is -2.63. The van der Waals surface area contributed by atoms with Gasteiger partial charge in [-0.1, -0.05) is 24.6 Å². The first-order valence-corrected chi connectivity index (χ1v) is 10.7. The Morgan fingerprint density at radius 2 is 2.14 bits per heavy atom. The molecule has 8 atom stereocenters. The van der Waals surface area contributed by atoms with Gasteiger partial charge in [-0.15, -0.1) is 0 Å². The fraction of sp³-hybridized carbons (Fsp3) is 0.682. The minimum Gasteiger partial charge on any atom is -0.545 e. The van der Waals surface area contributed by atoms with Crippen LogP contribution in [0, 0.1) is 34.5 Å². The fourth-order valence-corrected chi connectivity index (χ4v) is 8.52. The zero-order valence-electron chi connectivity index (χ0n) is 17.0. The van der Waals surface area contributed by atoms with Gasteiger partial charge in [0.2, 0.25) is 0 Å². The topological polar surface area (TPSA) is 120 Å². The second-order valence-electron chi connectivity index (χ2n) is 9.77. The molecule has 1 saturated heterocycles. The van der Waals surface area contributed by atoms with Crippen LogP contribution in [0.1, 0.15) is 32.6 Å². The van der Waals surface area contributed by atoms with E-state index in [1.807, 2.05) is 6.08 Å². The quantitative estimate of drug-likeness (QED) is 0.224. The third-order valence-corrected chi connectivity index (χ3v) is 9.29. The molecule has 4 N–H and O–H groups in total. The summed E-state index contributed by atoms with van der Waals surface area (Å²) in [6.07, 6.45) is 8.09. The van der Waals surface area contributed by atoms with E-state index in [0.29, 0.717) is 24.6 Å². The number of carboxylic acids is 1.